The number of rotatable bonds is 9. The fourth-order valence-electron chi connectivity index (χ4n) is 3.20. The van der Waals surface area contributed by atoms with E-state index in [4.69, 9.17) is 5.73 Å². The zero-order chi connectivity index (χ0) is 16.6. The number of nitrogens with two attached hydrogens (primary N) is 1. The Hall–Kier alpha value is -0.660. The third-order valence-corrected chi connectivity index (χ3v) is 5.99. The molecule has 1 rings (SSSR count). The summed E-state index contributed by atoms with van der Waals surface area (Å²) < 4.78 is 24.3. The maximum atomic E-state index is 12.1. The zero-order valence-corrected chi connectivity index (χ0v) is 14.8. The first kappa shape index (κ1) is 19.4. The molecule has 0 aromatic heterocycles. The molecule has 6 nitrogen and oxygen atoms in total. The van der Waals surface area contributed by atoms with Crippen LogP contribution in [0, 0.1) is 5.41 Å². The molecule has 3 N–H and O–H groups in total. The number of nitrogens with one attached hydrogen (secondary N) is 1. The Kier molecular flexibility index (Phi) is 7.79. The molecule has 0 unspecified atom stereocenters. The second-order valence-corrected chi connectivity index (χ2v) is 8.38. The fraction of sp³-hybridized carbons (Fsp3) is 0.933. The van der Waals surface area contributed by atoms with Crippen molar-refractivity contribution in [3.63, 3.8) is 0 Å². The lowest BCUT2D eigenvalue weighted by Gasteiger charge is -2.35. The van der Waals surface area contributed by atoms with Gasteiger partial charge < -0.3 is 11.1 Å². The van der Waals surface area contributed by atoms with Crippen LogP contribution in [0.1, 0.15) is 51.9 Å². The normalized spacial score (nSPS) is 18.4. The molecule has 1 saturated carbocycles. The van der Waals surface area contributed by atoms with Gasteiger partial charge in [0.05, 0.1) is 6.26 Å². The predicted octanol–water partition coefficient (Wildman–Crippen LogP) is 1.07. The number of amides is 1. The van der Waals surface area contributed by atoms with Gasteiger partial charge in [-0.05, 0) is 31.2 Å². The molecule has 22 heavy (non-hydrogen) atoms. The lowest BCUT2D eigenvalue weighted by Crippen LogP contribution is -2.39. The van der Waals surface area contributed by atoms with E-state index in [9.17, 15) is 13.2 Å². The van der Waals surface area contributed by atoms with Crippen molar-refractivity contribution in [2.75, 3.05) is 32.4 Å². The van der Waals surface area contributed by atoms with E-state index in [1.54, 1.807) is 0 Å². The largest absolute Gasteiger partial charge is 0.356 e. The standard InChI is InChI=1S/C15H31N3O3S/c1-3-18(22(2,20)21)11-7-10-17-14(19)12-15(13-16)8-5-4-6-9-15/h3-13,16H2,1-2H3,(H,17,19). The summed E-state index contributed by atoms with van der Waals surface area (Å²) in [7, 11) is -3.15. The van der Waals surface area contributed by atoms with Crippen molar-refractivity contribution in [2.45, 2.75) is 51.9 Å². The van der Waals surface area contributed by atoms with Crippen LogP contribution in [-0.2, 0) is 14.8 Å². The van der Waals surface area contributed by atoms with Crippen LogP contribution in [0.5, 0.6) is 0 Å². The van der Waals surface area contributed by atoms with Gasteiger partial charge in [-0.2, -0.15) is 0 Å². The van der Waals surface area contributed by atoms with Gasteiger partial charge in [0, 0.05) is 26.1 Å². The van der Waals surface area contributed by atoms with Crippen molar-refractivity contribution in [1.29, 1.82) is 0 Å². The Labute approximate surface area is 134 Å². The van der Waals surface area contributed by atoms with E-state index in [0.717, 1.165) is 25.7 Å². The van der Waals surface area contributed by atoms with Crippen LogP contribution in [-0.4, -0.2) is 51.1 Å². The van der Waals surface area contributed by atoms with Gasteiger partial charge >= 0.3 is 0 Å². The molecule has 0 radical (unpaired) electrons. The van der Waals surface area contributed by atoms with Crippen LogP contribution in [0.2, 0.25) is 0 Å². The Balaban J connectivity index is 2.31. The third kappa shape index (κ3) is 6.22. The molecule has 0 saturated heterocycles. The second kappa shape index (κ2) is 8.84. The smallest absolute Gasteiger partial charge is 0.220 e. The quantitative estimate of drug-likeness (QED) is 0.617. The van der Waals surface area contributed by atoms with Crippen molar-refractivity contribution >= 4 is 15.9 Å². The highest BCUT2D eigenvalue weighted by Crippen LogP contribution is 2.38. The molecule has 0 heterocycles. The number of carbonyl (C=O) groups is 1. The van der Waals surface area contributed by atoms with Gasteiger partial charge in [-0.25, -0.2) is 12.7 Å². The topological polar surface area (TPSA) is 92.5 Å². The van der Waals surface area contributed by atoms with E-state index in [1.165, 1.54) is 17.0 Å². The lowest BCUT2D eigenvalue weighted by atomic mass is 9.71. The number of hydrogen-bond donors (Lipinski definition) is 2. The average molecular weight is 333 g/mol. The molecule has 1 amide bonds. The van der Waals surface area contributed by atoms with Gasteiger partial charge in [0.15, 0.2) is 0 Å². The third-order valence-electron chi connectivity index (χ3n) is 4.61. The molecule has 0 bridgehead atoms. The van der Waals surface area contributed by atoms with Gasteiger partial charge in [0.1, 0.15) is 0 Å². The molecule has 0 atom stereocenters. The van der Waals surface area contributed by atoms with Gasteiger partial charge in [0.2, 0.25) is 15.9 Å². The lowest BCUT2D eigenvalue weighted by molar-refractivity contribution is -0.123. The minimum absolute atomic E-state index is 0.0233. The van der Waals surface area contributed by atoms with Crippen LogP contribution >= 0.6 is 0 Å². The van der Waals surface area contributed by atoms with Crippen LogP contribution in [0.4, 0.5) is 0 Å². The maximum Gasteiger partial charge on any atom is 0.220 e. The first-order valence-electron chi connectivity index (χ1n) is 8.25. The first-order valence-corrected chi connectivity index (χ1v) is 10.1. The molecule has 0 aromatic carbocycles. The number of nitrogens with zero attached hydrogens (tertiary/aromatic N) is 1. The highest BCUT2D eigenvalue weighted by atomic mass is 32.2. The van der Waals surface area contributed by atoms with E-state index in [2.05, 4.69) is 5.32 Å². The molecule has 1 fully saturated rings. The molecular weight excluding hydrogens is 302 g/mol. The molecule has 0 spiro atoms. The zero-order valence-electron chi connectivity index (χ0n) is 13.9. The number of carbonyl (C=O) groups excluding carboxylic acids is 1. The summed E-state index contributed by atoms with van der Waals surface area (Å²) in [5.74, 6) is 0.0368. The summed E-state index contributed by atoms with van der Waals surface area (Å²) in [5.41, 5.74) is 5.87. The van der Waals surface area contributed by atoms with E-state index in [0.29, 0.717) is 39.0 Å². The minimum Gasteiger partial charge on any atom is -0.356 e. The van der Waals surface area contributed by atoms with Gasteiger partial charge in [-0.1, -0.05) is 26.2 Å². The molecule has 1 aliphatic rings. The van der Waals surface area contributed by atoms with Crippen molar-refractivity contribution < 1.29 is 13.2 Å². The molecule has 130 valence electrons. The Morgan fingerprint density at radius 3 is 2.41 bits per heavy atom. The second-order valence-electron chi connectivity index (χ2n) is 6.40. The summed E-state index contributed by atoms with van der Waals surface area (Å²) in [6.45, 7) is 3.79. The van der Waals surface area contributed by atoms with E-state index in [1.807, 2.05) is 6.92 Å². The van der Waals surface area contributed by atoms with Crippen LogP contribution in [0.3, 0.4) is 0 Å². The van der Waals surface area contributed by atoms with Crippen molar-refractivity contribution in [3.8, 4) is 0 Å². The van der Waals surface area contributed by atoms with Gasteiger partial charge in [-0.3, -0.25) is 4.79 Å². The SMILES string of the molecule is CCN(CCCNC(=O)CC1(CN)CCCCC1)S(C)(=O)=O. The van der Waals surface area contributed by atoms with Crippen molar-refractivity contribution in [1.82, 2.24) is 9.62 Å². The molecule has 1 aliphatic carbocycles. The van der Waals surface area contributed by atoms with Crippen molar-refractivity contribution in [3.05, 3.63) is 0 Å². The highest BCUT2D eigenvalue weighted by Gasteiger charge is 2.32. The van der Waals surface area contributed by atoms with Crippen LogP contribution < -0.4 is 11.1 Å². The van der Waals surface area contributed by atoms with Crippen molar-refractivity contribution in [2.24, 2.45) is 11.1 Å². The monoisotopic (exact) mass is 333 g/mol. The van der Waals surface area contributed by atoms with E-state index < -0.39 is 10.0 Å². The summed E-state index contributed by atoms with van der Waals surface area (Å²) >= 11 is 0. The van der Waals surface area contributed by atoms with Crippen LogP contribution in [0.15, 0.2) is 0 Å². The molecule has 7 heteroatoms. The van der Waals surface area contributed by atoms with Gasteiger partial charge in [-0.15, -0.1) is 0 Å². The minimum atomic E-state index is -3.15. The predicted molar refractivity (Wildman–Crippen MR) is 88.9 cm³/mol. The molecule has 0 aliphatic heterocycles. The maximum absolute atomic E-state index is 12.1. The summed E-state index contributed by atoms with van der Waals surface area (Å²) in [6, 6.07) is 0. The van der Waals surface area contributed by atoms with E-state index >= 15 is 0 Å². The van der Waals surface area contributed by atoms with Crippen LogP contribution in [0.25, 0.3) is 0 Å². The number of sulfonamides is 1. The Bertz CT molecular complexity index is 445. The summed E-state index contributed by atoms with van der Waals surface area (Å²) in [5, 5.41) is 2.90. The van der Waals surface area contributed by atoms with Gasteiger partial charge in [0.25, 0.3) is 0 Å². The highest BCUT2D eigenvalue weighted by molar-refractivity contribution is 7.88. The summed E-state index contributed by atoms with van der Waals surface area (Å²) in [4.78, 5) is 12.1. The molecular formula is C15H31N3O3S. The molecule has 0 aromatic rings. The number of hydrogen-bond acceptors (Lipinski definition) is 4. The Morgan fingerprint density at radius 1 is 1.27 bits per heavy atom. The summed E-state index contributed by atoms with van der Waals surface area (Å²) in [6.07, 6.45) is 7.96. The first-order chi connectivity index (χ1) is 10.3. The Morgan fingerprint density at radius 2 is 1.91 bits per heavy atom. The average Bonchev–Trinajstić information content (AvgIpc) is 2.46. The fourth-order valence-corrected chi connectivity index (χ4v) is 4.13. The van der Waals surface area contributed by atoms with E-state index in [-0.39, 0.29) is 11.3 Å².